The van der Waals surface area contributed by atoms with Crippen LogP contribution in [0, 0.1) is 11.3 Å². The van der Waals surface area contributed by atoms with Crippen LogP contribution in [0.15, 0.2) is 54.6 Å². The predicted octanol–water partition coefficient (Wildman–Crippen LogP) is 2.26. The lowest BCUT2D eigenvalue weighted by atomic mass is 10.1. The fraction of sp³-hybridized carbons (Fsp3) is 0.318. The highest BCUT2D eigenvalue weighted by Gasteiger charge is 2.25. The zero-order valence-electron chi connectivity index (χ0n) is 16.0. The van der Waals surface area contributed by atoms with Gasteiger partial charge in [-0.3, -0.25) is 14.5 Å². The fourth-order valence-corrected chi connectivity index (χ4v) is 3.40. The van der Waals surface area contributed by atoms with Crippen molar-refractivity contribution < 1.29 is 9.59 Å². The Morgan fingerprint density at radius 1 is 1.00 bits per heavy atom. The van der Waals surface area contributed by atoms with Crippen LogP contribution in [0.4, 0.5) is 5.69 Å². The van der Waals surface area contributed by atoms with Crippen LogP contribution in [0.3, 0.4) is 0 Å². The van der Waals surface area contributed by atoms with Gasteiger partial charge in [-0.15, -0.1) is 0 Å². The lowest BCUT2D eigenvalue weighted by molar-refractivity contribution is -0.132. The average Bonchev–Trinajstić information content (AvgIpc) is 2.73. The van der Waals surface area contributed by atoms with Gasteiger partial charge in [-0.25, -0.2) is 0 Å². The first-order valence-corrected chi connectivity index (χ1v) is 9.40. The number of amides is 2. The first-order chi connectivity index (χ1) is 13.6. The van der Waals surface area contributed by atoms with E-state index in [4.69, 9.17) is 0 Å². The second-order valence-electron chi connectivity index (χ2n) is 6.88. The van der Waals surface area contributed by atoms with E-state index in [0.717, 1.165) is 19.6 Å². The van der Waals surface area contributed by atoms with Crippen molar-refractivity contribution in [3.8, 4) is 6.07 Å². The third-order valence-corrected chi connectivity index (χ3v) is 4.96. The molecule has 1 heterocycles. The van der Waals surface area contributed by atoms with Crippen LogP contribution in [0.5, 0.6) is 0 Å². The summed E-state index contributed by atoms with van der Waals surface area (Å²) >= 11 is 0. The van der Waals surface area contributed by atoms with E-state index in [1.165, 1.54) is 17.4 Å². The van der Waals surface area contributed by atoms with Crippen LogP contribution in [0.25, 0.3) is 0 Å². The third kappa shape index (κ3) is 4.76. The first kappa shape index (κ1) is 19.6. The Balaban J connectivity index is 1.60. The molecule has 0 unspecified atom stereocenters. The first-order valence-electron chi connectivity index (χ1n) is 9.40. The molecule has 0 saturated carbocycles. The SMILES string of the molecule is CC(=O)N(CC(=O)N1CCN(Cc2ccccc2)CC1)c1ccccc1C#N. The molecule has 6 heteroatoms. The van der Waals surface area contributed by atoms with Gasteiger partial charge in [0.25, 0.3) is 0 Å². The molecule has 1 saturated heterocycles. The minimum atomic E-state index is -0.251. The van der Waals surface area contributed by atoms with Gasteiger partial charge in [0.1, 0.15) is 12.6 Å². The quantitative estimate of drug-likeness (QED) is 0.803. The van der Waals surface area contributed by atoms with Crippen LogP contribution in [0.2, 0.25) is 0 Å². The van der Waals surface area contributed by atoms with E-state index < -0.39 is 0 Å². The smallest absolute Gasteiger partial charge is 0.242 e. The van der Waals surface area contributed by atoms with Gasteiger partial charge in [0.15, 0.2) is 0 Å². The van der Waals surface area contributed by atoms with Crippen molar-refractivity contribution in [2.24, 2.45) is 0 Å². The summed E-state index contributed by atoms with van der Waals surface area (Å²) in [6, 6.07) is 19.2. The fourth-order valence-electron chi connectivity index (χ4n) is 3.40. The average molecular weight is 376 g/mol. The number of para-hydroxylation sites is 1. The Bertz CT molecular complexity index is 868. The second-order valence-corrected chi connectivity index (χ2v) is 6.88. The Morgan fingerprint density at radius 2 is 1.64 bits per heavy atom. The summed E-state index contributed by atoms with van der Waals surface area (Å²) in [6.07, 6.45) is 0. The molecule has 1 aliphatic rings. The maximum Gasteiger partial charge on any atom is 0.242 e. The number of hydrogen-bond acceptors (Lipinski definition) is 4. The molecular weight excluding hydrogens is 352 g/mol. The van der Waals surface area contributed by atoms with Gasteiger partial charge in [0, 0.05) is 39.6 Å². The molecule has 0 atom stereocenters. The minimum Gasteiger partial charge on any atom is -0.339 e. The van der Waals surface area contributed by atoms with Crippen molar-refractivity contribution in [2.75, 3.05) is 37.6 Å². The van der Waals surface area contributed by atoms with Crippen LogP contribution in [-0.2, 0) is 16.1 Å². The number of nitrogens with zero attached hydrogens (tertiary/aromatic N) is 4. The normalized spacial score (nSPS) is 14.4. The number of benzene rings is 2. The Kier molecular flexibility index (Phi) is 6.41. The van der Waals surface area contributed by atoms with Gasteiger partial charge >= 0.3 is 0 Å². The molecule has 2 aromatic rings. The number of anilines is 1. The largest absolute Gasteiger partial charge is 0.339 e. The van der Waals surface area contributed by atoms with Crippen molar-refractivity contribution in [3.63, 3.8) is 0 Å². The van der Waals surface area contributed by atoms with E-state index in [1.54, 1.807) is 29.2 Å². The Morgan fingerprint density at radius 3 is 2.29 bits per heavy atom. The number of carbonyl (C=O) groups is 2. The number of rotatable bonds is 5. The summed E-state index contributed by atoms with van der Waals surface area (Å²) in [4.78, 5) is 30.4. The zero-order valence-corrected chi connectivity index (χ0v) is 16.0. The van der Waals surface area contributed by atoms with E-state index in [-0.39, 0.29) is 18.4 Å². The van der Waals surface area contributed by atoms with Gasteiger partial charge in [0.05, 0.1) is 11.3 Å². The van der Waals surface area contributed by atoms with Gasteiger partial charge in [-0.2, -0.15) is 5.26 Å². The molecule has 0 radical (unpaired) electrons. The molecular formula is C22H24N4O2. The van der Waals surface area contributed by atoms with E-state index in [2.05, 4.69) is 23.1 Å². The van der Waals surface area contributed by atoms with E-state index in [1.807, 2.05) is 18.2 Å². The summed E-state index contributed by atoms with van der Waals surface area (Å²) in [5.74, 6) is -0.346. The molecule has 3 rings (SSSR count). The van der Waals surface area contributed by atoms with E-state index in [0.29, 0.717) is 24.3 Å². The lowest BCUT2D eigenvalue weighted by Crippen LogP contribution is -2.51. The standard InChI is InChI=1S/C22H24N4O2/c1-18(27)26(21-10-6-5-9-20(21)15-23)17-22(28)25-13-11-24(12-14-25)16-19-7-3-2-4-8-19/h2-10H,11-14,16-17H2,1H3. The highest BCUT2D eigenvalue weighted by molar-refractivity contribution is 5.98. The molecule has 1 fully saturated rings. The molecule has 0 spiro atoms. The van der Waals surface area contributed by atoms with Crippen molar-refractivity contribution in [2.45, 2.75) is 13.5 Å². The van der Waals surface area contributed by atoms with Gasteiger partial charge < -0.3 is 9.80 Å². The molecule has 0 N–H and O–H groups in total. The van der Waals surface area contributed by atoms with Crippen LogP contribution >= 0.6 is 0 Å². The van der Waals surface area contributed by atoms with E-state index in [9.17, 15) is 14.9 Å². The number of hydrogen-bond donors (Lipinski definition) is 0. The molecule has 2 aromatic carbocycles. The highest BCUT2D eigenvalue weighted by Crippen LogP contribution is 2.20. The van der Waals surface area contributed by atoms with Crippen molar-refractivity contribution in [3.05, 3.63) is 65.7 Å². The van der Waals surface area contributed by atoms with Gasteiger partial charge in [0.2, 0.25) is 11.8 Å². The number of piperazine rings is 1. The molecule has 2 amide bonds. The summed E-state index contributed by atoms with van der Waals surface area (Å²) in [6.45, 7) is 5.11. The monoisotopic (exact) mass is 376 g/mol. The number of nitriles is 1. The zero-order chi connectivity index (χ0) is 19.9. The van der Waals surface area contributed by atoms with Gasteiger partial charge in [-0.05, 0) is 17.7 Å². The molecule has 28 heavy (non-hydrogen) atoms. The maximum absolute atomic E-state index is 12.8. The van der Waals surface area contributed by atoms with Crippen LogP contribution in [0.1, 0.15) is 18.1 Å². The molecule has 0 aliphatic carbocycles. The van der Waals surface area contributed by atoms with Crippen LogP contribution in [-0.4, -0.2) is 54.3 Å². The van der Waals surface area contributed by atoms with Gasteiger partial charge in [-0.1, -0.05) is 42.5 Å². The molecule has 144 valence electrons. The van der Waals surface area contributed by atoms with Crippen molar-refractivity contribution >= 4 is 17.5 Å². The molecule has 1 aliphatic heterocycles. The third-order valence-electron chi connectivity index (χ3n) is 4.96. The minimum absolute atomic E-state index is 0.0489. The maximum atomic E-state index is 12.8. The van der Waals surface area contributed by atoms with Crippen molar-refractivity contribution in [1.82, 2.24) is 9.80 Å². The predicted molar refractivity (Wildman–Crippen MR) is 107 cm³/mol. The summed E-state index contributed by atoms with van der Waals surface area (Å²) in [7, 11) is 0. The molecule has 0 bridgehead atoms. The lowest BCUT2D eigenvalue weighted by Gasteiger charge is -2.35. The topological polar surface area (TPSA) is 67.7 Å². The molecule has 0 aromatic heterocycles. The van der Waals surface area contributed by atoms with Crippen LogP contribution < -0.4 is 4.90 Å². The summed E-state index contributed by atoms with van der Waals surface area (Å²) in [5.41, 5.74) is 2.13. The van der Waals surface area contributed by atoms with Crippen molar-refractivity contribution in [1.29, 1.82) is 5.26 Å². The number of carbonyl (C=O) groups excluding carboxylic acids is 2. The summed E-state index contributed by atoms with van der Waals surface area (Å²) < 4.78 is 0. The Hall–Kier alpha value is -3.17. The highest BCUT2D eigenvalue weighted by atomic mass is 16.2. The van der Waals surface area contributed by atoms with E-state index >= 15 is 0 Å². The second kappa shape index (κ2) is 9.16. The Labute approximate surface area is 165 Å². The summed E-state index contributed by atoms with van der Waals surface area (Å²) in [5, 5.41) is 9.29. The molecule has 6 nitrogen and oxygen atoms in total.